The highest BCUT2D eigenvalue weighted by atomic mass is 35.5. The van der Waals surface area contributed by atoms with Crippen LogP contribution in [0.25, 0.3) is 0 Å². The summed E-state index contributed by atoms with van der Waals surface area (Å²) < 4.78 is 0. The van der Waals surface area contributed by atoms with Crippen LogP contribution in [-0.4, -0.2) is 12.5 Å². The largest absolute Gasteiger partial charge is 0.376 e. The normalized spacial score (nSPS) is 10.3. The Kier molecular flexibility index (Phi) is 4.86. The summed E-state index contributed by atoms with van der Waals surface area (Å²) in [7, 11) is 0. The zero-order valence-electron chi connectivity index (χ0n) is 12.5. The number of hydrogen-bond acceptors (Lipinski definition) is 2. The number of amides is 1. The highest BCUT2D eigenvalue weighted by Gasteiger charge is 2.07. The summed E-state index contributed by atoms with van der Waals surface area (Å²) in [6.07, 6.45) is 0. The van der Waals surface area contributed by atoms with E-state index in [1.165, 1.54) is 0 Å². The van der Waals surface area contributed by atoms with E-state index in [4.69, 9.17) is 11.6 Å². The van der Waals surface area contributed by atoms with Crippen LogP contribution in [0, 0.1) is 20.8 Å². The van der Waals surface area contributed by atoms with E-state index in [0.29, 0.717) is 5.02 Å². The molecule has 2 rings (SSSR count). The van der Waals surface area contributed by atoms with E-state index in [1.807, 2.05) is 51.1 Å². The molecule has 0 aliphatic rings. The van der Waals surface area contributed by atoms with Gasteiger partial charge in [0.05, 0.1) is 6.54 Å². The molecule has 0 saturated heterocycles. The Balaban J connectivity index is 1.99. The molecule has 2 aromatic rings. The predicted octanol–water partition coefficient (Wildman–Crippen LogP) is 4.32. The number of carbonyl (C=O) groups excluding carboxylic acids is 1. The van der Waals surface area contributed by atoms with E-state index in [-0.39, 0.29) is 12.5 Å². The van der Waals surface area contributed by atoms with E-state index in [1.54, 1.807) is 6.07 Å². The molecule has 2 aromatic carbocycles. The third kappa shape index (κ3) is 3.99. The van der Waals surface area contributed by atoms with Gasteiger partial charge in [-0.1, -0.05) is 29.8 Å². The van der Waals surface area contributed by atoms with Crippen LogP contribution in [0.5, 0.6) is 0 Å². The first-order valence-corrected chi connectivity index (χ1v) is 7.21. The molecule has 0 spiro atoms. The molecule has 0 atom stereocenters. The molecule has 0 unspecified atom stereocenters. The highest BCUT2D eigenvalue weighted by Crippen LogP contribution is 2.21. The second-order valence-electron chi connectivity index (χ2n) is 5.13. The number of para-hydroxylation sites is 1. The van der Waals surface area contributed by atoms with Gasteiger partial charge in [0.1, 0.15) is 0 Å². The van der Waals surface area contributed by atoms with Crippen LogP contribution in [0.15, 0.2) is 36.4 Å². The quantitative estimate of drug-likeness (QED) is 0.883. The van der Waals surface area contributed by atoms with Crippen molar-refractivity contribution in [2.45, 2.75) is 20.8 Å². The Bertz CT molecular complexity index is 648. The third-order valence-electron chi connectivity index (χ3n) is 3.37. The fraction of sp³-hybridized carbons (Fsp3) is 0.235. The monoisotopic (exact) mass is 302 g/mol. The molecule has 3 nitrogen and oxygen atoms in total. The van der Waals surface area contributed by atoms with Gasteiger partial charge in [-0.05, 0) is 55.7 Å². The van der Waals surface area contributed by atoms with E-state index in [9.17, 15) is 4.79 Å². The van der Waals surface area contributed by atoms with Crippen LogP contribution in [0.1, 0.15) is 16.7 Å². The molecular weight excluding hydrogens is 284 g/mol. The number of carbonyl (C=O) groups is 1. The van der Waals surface area contributed by atoms with Crippen molar-refractivity contribution < 1.29 is 4.79 Å². The number of anilines is 2. The van der Waals surface area contributed by atoms with Crippen molar-refractivity contribution in [2.24, 2.45) is 0 Å². The highest BCUT2D eigenvalue weighted by molar-refractivity contribution is 6.30. The Morgan fingerprint density at radius 2 is 1.71 bits per heavy atom. The number of benzene rings is 2. The summed E-state index contributed by atoms with van der Waals surface area (Å²) in [6.45, 7) is 6.15. The molecule has 0 heterocycles. The van der Waals surface area contributed by atoms with Gasteiger partial charge in [-0.3, -0.25) is 4.79 Å². The summed E-state index contributed by atoms with van der Waals surface area (Å²) in [5.41, 5.74) is 4.94. The number of rotatable bonds is 4. The van der Waals surface area contributed by atoms with E-state index < -0.39 is 0 Å². The Hall–Kier alpha value is -2.00. The van der Waals surface area contributed by atoms with Gasteiger partial charge in [-0.15, -0.1) is 0 Å². The van der Waals surface area contributed by atoms with Gasteiger partial charge in [0, 0.05) is 16.4 Å². The molecule has 0 aliphatic carbocycles. The van der Waals surface area contributed by atoms with Gasteiger partial charge in [-0.2, -0.15) is 0 Å². The maximum atomic E-state index is 12.1. The standard InChI is InChI=1S/C17H19ClN2O/c1-11-5-4-6-12(2)17(11)20-16(21)10-19-15-8-7-14(18)9-13(15)3/h4-9,19H,10H2,1-3H3,(H,20,21). The SMILES string of the molecule is Cc1cc(Cl)ccc1NCC(=O)Nc1c(C)cccc1C. The average Bonchev–Trinajstić information content (AvgIpc) is 2.42. The van der Waals surface area contributed by atoms with Gasteiger partial charge in [0.15, 0.2) is 0 Å². The fourth-order valence-corrected chi connectivity index (χ4v) is 2.42. The lowest BCUT2D eigenvalue weighted by atomic mass is 10.1. The predicted molar refractivity (Wildman–Crippen MR) is 89.2 cm³/mol. The Morgan fingerprint density at radius 3 is 2.33 bits per heavy atom. The summed E-state index contributed by atoms with van der Waals surface area (Å²) in [5, 5.41) is 6.77. The van der Waals surface area contributed by atoms with Gasteiger partial charge in [0.25, 0.3) is 0 Å². The summed E-state index contributed by atoms with van der Waals surface area (Å²) in [6, 6.07) is 11.5. The topological polar surface area (TPSA) is 41.1 Å². The van der Waals surface area contributed by atoms with Crippen LogP contribution in [0.4, 0.5) is 11.4 Å². The maximum absolute atomic E-state index is 12.1. The molecule has 0 aromatic heterocycles. The van der Waals surface area contributed by atoms with E-state index >= 15 is 0 Å². The van der Waals surface area contributed by atoms with Crippen LogP contribution in [-0.2, 0) is 4.79 Å². The molecule has 21 heavy (non-hydrogen) atoms. The Morgan fingerprint density at radius 1 is 1.05 bits per heavy atom. The second-order valence-corrected chi connectivity index (χ2v) is 5.56. The molecule has 2 N–H and O–H groups in total. The molecular formula is C17H19ClN2O. The van der Waals surface area contributed by atoms with Crippen LogP contribution < -0.4 is 10.6 Å². The molecule has 110 valence electrons. The molecule has 0 saturated carbocycles. The maximum Gasteiger partial charge on any atom is 0.243 e. The number of nitrogens with one attached hydrogen (secondary N) is 2. The van der Waals surface area contributed by atoms with Crippen LogP contribution >= 0.6 is 11.6 Å². The lowest BCUT2D eigenvalue weighted by Gasteiger charge is -2.13. The fourth-order valence-electron chi connectivity index (χ4n) is 2.20. The van der Waals surface area contributed by atoms with Gasteiger partial charge < -0.3 is 10.6 Å². The molecule has 0 bridgehead atoms. The minimum atomic E-state index is -0.0678. The van der Waals surface area contributed by atoms with Crippen molar-refractivity contribution in [3.8, 4) is 0 Å². The number of aryl methyl sites for hydroxylation is 3. The van der Waals surface area contributed by atoms with Crippen molar-refractivity contribution in [1.29, 1.82) is 0 Å². The lowest BCUT2D eigenvalue weighted by molar-refractivity contribution is -0.114. The lowest BCUT2D eigenvalue weighted by Crippen LogP contribution is -2.23. The Labute approximate surface area is 130 Å². The third-order valence-corrected chi connectivity index (χ3v) is 3.61. The van der Waals surface area contributed by atoms with Crippen molar-refractivity contribution in [3.63, 3.8) is 0 Å². The number of halogens is 1. The minimum absolute atomic E-state index is 0.0678. The smallest absolute Gasteiger partial charge is 0.243 e. The number of hydrogen-bond donors (Lipinski definition) is 2. The molecule has 1 amide bonds. The van der Waals surface area contributed by atoms with Crippen molar-refractivity contribution in [3.05, 3.63) is 58.1 Å². The van der Waals surface area contributed by atoms with Crippen molar-refractivity contribution in [2.75, 3.05) is 17.2 Å². The van der Waals surface area contributed by atoms with E-state index in [2.05, 4.69) is 10.6 Å². The minimum Gasteiger partial charge on any atom is -0.376 e. The van der Waals surface area contributed by atoms with Gasteiger partial charge in [-0.25, -0.2) is 0 Å². The molecule has 0 fully saturated rings. The first-order chi connectivity index (χ1) is 9.97. The molecule has 0 aliphatic heterocycles. The molecule has 4 heteroatoms. The first kappa shape index (κ1) is 15.4. The first-order valence-electron chi connectivity index (χ1n) is 6.83. The van der Waals surface area contributed by atoms with Crippen molar-refractivity contribution >= 4 is 28.9 Å². The van der Waals surface area contributed by atoms with Gasteiger partial charge in [0.2, 0.25) is 5.91 Å². The van der Waals surface area contributed by atoms with Crippen LogP contribution in [0.2, 0.25) is 5.02 Å². The molecule has 0 radical (unpaired) electrons. The van der Waals surface area contributed by atoms with Crippen molar-refractivity contribution in [1.82, 2.24) is 0 Å². The summed E-state index contributed by atoms with van der Waals surface area (Å²) >= 11 is 5.91. The summed E-state index contributed by atoms with van der Waals surface area (Å²) in [4.78, 5) is 12.1. The van der Waals surface area contributed by atoms with Crippen LogP contribution in [0.3, 0.4) is 0 Å². The summed E-state index contributed by atoms with van der Waals surface area (Å²) in [5.74, 6) is -0.0678. The zero-order valence-corrected chi connectivity index (χ0v) is 13.2. The average molecular weight is 303 g/mol. The van der Waals surface area contributed by atoms with E-state index in [0.717, 1.165) is 28.1 Å². The second kappa shape index (κ2) is 6.64. The zero-order chi connectivity index (χ0) is 15.4. The van der Waals surface area contributed by atoms with Gasteiger partial charge >= 0.3 is 0 Å².